The van der Waals surface area contributed by atoms with Crippen LogP contribution in [0, 0.1) is 6.92 Å². The predicted octanol–water partition coefficient (Wildman–Crippen LogP) is 3.65. The van der Waals surface area contributed by atoms with E-state index in [1.807, 2.05) is 50.4 Å². The fourth-order valence-electron chi connectivity index (χ4n) is 4.91. The van der Waals surface area contributed by atoms with Gasteiger partial charge >= 0.3 is 0 Å². The highest BCUT2D eigenvalue weighted by Crippen LogP contribution is 2.32. The second-order valence-electron chi connectivity index (χ2n) is 9.23. The molecule has 3 aromatic rings. The molecule has 1 aromatic heterocycles. The standard InChI is InChI=1S/C27H32N4O4/c1-18-15-19(21-7-3-5-9-23(21)29-18)17-35-24-10-6-4-8-22(24)26(33)30-27(16-25(32)31-34)13-11-20(28-2)12-14-27/h3-10,15,20,28,34H,11-14,16-17H2,1-2H3,(H,30,33)(H,31,32). The van der Waals surface area contributed by atoms with Gasteiger partial charge in [0.1, 0.15) is 12.4 Å². The number of nitrogens with zero attached hydrogens (tertiary/aromatic N) is 1. The van der Waals surface area contributed by atoms with Crippen molar-refractivity contribution in [2.45, 2.75) is 57.2 Å². The normalized spacial score (nSPS) is 19.8. The highest BCUT2D eigenvalue weighted by atomic mass is 16.5. The number of carbonyl (C=O) groups is 2. The molecule has 8 nitrogen and oxygen atoms in total. The van der Waals surface area contributed by atoms with Gasteiger partial charge in [0.2, 0.25) is 5.91 Å². The zero-order valence-corrected chi connectivity index (χ0v) is 20.1. The summed E-state index contributed by atoms with van der Waals surface area (Å²) < 4.78 is 6.15. The fourth-order valence-corrected chi connectivity index (χ4v) is 4.91. The van der Waals surface area contributed by atoms with E-state index in [4.69, 9.17) is 9.94 Å². The van der Waals surface area contributed by atoms with Crippen LogP contribution < -0.4 is 20.9 Å². The number of amides is 2. The molecule has 2 amide bonds. The quantitative estimate of drug-likeness (QED) is 0.292. The van der Waals surface area contributed by atoms with E-state index in [0.717, 1.165) is 35.0 Å². The Labute approximate surface area is 205 Å². The number of rotatable bonds is 8. The minimum atomic E-state index is -0.733. The Morgan fingerprint density at radius 3 is 2.57 bits per heavy atom. The average molecular weight is 477 g/mol. The number of pyridine rings is 1. The number of benzene rings is 2. The number of nitrogens with one attached hydrogen (secondary N) is 3. The molecule has 0 spiro atoms. The largest absolute Gasteiger partial charge is 0.488 e. The average Bonchev–Trinajstić information content (AvgIpc) is 2.87. The van der Waals surface area contributed by atoms with E-state index in [9.17, 15) is 9.59 Å². The van der Waals surface area contributed by atoms with Gasteiger partial charge in [-0.3, -0.25) is 19.8 Å². The maximum atomic E-state index is 13.4. The minimum absolute atomic E-state index is 0.0109. The van der Waals surface area contributed by atoms with Crippen molar-refractivity contribution >= 4 is 22.7 Å². The molecule has 0 bridgehead atoms. The molecule has 8 heteroatoms. The summed E-state index contributed by atoms with van der Waals surface area (Å²) in [4.78, 5) is 30.1. The molecule has 0 radical (unpaired) electrons. The SMILES string of the molecule is CNC1CCC(CC(=O)NO)(NC(=O)c2ccccc2OCc2cc(C)nc3ccccc23)CC1. The van der Waals surface area contributed by atoms with Crippen molar-refractivity contribution in [3.05, 3.63) is 71.4 Å². The molecule has 0 unspecified atom stereocenters. The lowest BCUT2D eigenvalue weighted by atomic mass is 9.77. The number of hydrogen-bond acceptors (Lipinski definition) is 6. The number of aromatic nitrogens is 1. The number of hydroxylamine groups is 1. The maximum Gasteiger partial charge on any atom is 0.255 e. The number of fused-ring (bicyclic) bond motifs is 1. The van der Waals surface area contributed by atoms with Crippen LogP contribution in [-0.4, -0.2) is 40.6 Å². The zero-order valence-electron chi connectivity index (χ0n) is 20.1. The zero-order chi connectivity index (χ0) is 24.8. The van der Waals surface area contributed by atoms with Gasteiger partial charge in [-0.05, 0) is 63.9 Å². The summed E-state index contributed by atoms with van der Waals surface area (Å²) in [7, 11) is 1.91. The van der Waals surface area contributed by atoms with E-state index in [2.05, 4.69) is 15.6 Å². The highest BCUT2D eigenvalue weighted by Gasteiger charge is 2.38. The maximum absolute atomic E-state index is 13.4. The Balaban J connectivity index is 1.54. The van der Waals surface area contributed by atoms with Crippen LogP contribution in [0.3, 0.4) is 0 Å². The summed E-state index contributed by atoms with van der Waals surface area (Å²) in [6, 6.07) is 17.4. The molecule has 4 rings (SSSR count). The van der Waals surface area contributed by atoms with Crippen LogP contribution in [-0.2, 0) is 11.4 Å². The number of ether oxygens (including phenoxy) is 1. The molecule has 1 aliphatic rings. The monoisotopic (exact) mass is 476 g/mol. The summed E-state index contributed by atoms with van der Waals surface area (Å²) in [5, 5.41) is 16.5. The molecule has 2 aromatic carbocycles. The minimum Gasteiger partial charge on any atom is -0.488 e. The second kappa shape index (κ2) is 10.8. The van der Waals surface area contributed by atoms with Crippen molar-refractivity contribution in [3.8, 4) is 5.75 Å². The molecular formula is C27H32N4O4. The van der Waals surface area contributed by atoms with Gasteiger partial charge in [-0.15, -0.1) is 0 Å². The third kappa shape index (κ3) is 5.78. The number of hydrogen-bond donors (Lipinski definition) is 4. The lowest BCUT2D eigenvalue weighted by Gasteiger charge is -2.40. The van der Waals surface area contributed by atoms with Crippen molar-refractivity contribution in [1.82, 2.24) is 21.1 Å². The van der Waals surface area contributed by atoms with Crippen molar-refractivity contribution < 1.29 is 19.5 Å². The molecule has 1 saturated carbocycles. The second-order valence-corrected chi connectivity index (χ2v) is 9.23. The van der Waals surface area contributed by atoms with Crippen LogP contribution in [0.5, 0.6) is 5.75 Å². The molecule has 1 fully saturated rings. The first-order valence-electron chi connectivity index (χ1n) is 11.9. The topological polar surface area (TPSA) is 113 Å². The first-order valence-corrected chi connectivity index (χ1v) is 11.9. The molecule has 35 heavy (non-hydrogen) atoms. The summed E-state index contributed by atoms with van der Waals surface area (Å²) in [5.41, 5.74) is 4.17. The van der Waals surface area contributed by atoms with Gasteiger partial charge in [0, 0.05) is 28.2 Å². The Morgan fingerprint density at radius 2 is 1.83 bits per heavy atom. The molecule has 1 heterocycles. The van der Waals surface area contributed by atoms with E-state index < -0.39 is 11.4 Å². The van der Waals surface area contributed by atoms with Crippen LogP contribution in [0.2, 0.25) is 0 Å². The fraction of sp³-hybridized carbons (Fsp3) is 0.370. The predicted molar refractivity (Wildman–Crippen MR) is 133 cm³/mol. The van der Waals surface area contributed by atoms with Gasteiger partial charge < -0.3 is 15.4 Å². The summed E-state index contributed by atoms with van der Waals surface area (Å²) in [6.45, 7) is 2.23. The van der Waals surface area contributed by atoms with Crippen LogP contribution in [0.4, 0.5) is 0 Å². The Hall–Kier alpha value is -3.49. The summed E-state index contributed by atoms with van der Waals surface area (Å²) in [6.07, 6.45) is 2.91. The third-order valence-corrected chi connectivity index (χ3v) is 6.80. The van der Waals surface area contributed by atoms with Crippen LogP contribution in [0.25, 0.3) is 10.9 Å². The van der Waals surface area contributed by atoms with Gasteiger partial charge in [0.05, 0.1) is 17.5 Å². The van der Waals surface area contributed by atoms with E-state index >= 15 is 0 Å². The van der Waals surface area contributed by atoms with E-state index in [-0.39, 0.29) is 18.9 Å². The van der Waals surface area contributed by atoms with Gasteiger partial charge in [-0.2, -0.15) is 0 Å². The lowest BCUT2D eigenvalue weighted by Crippen LogP contribution is -2.54. The summed E-state index contributed by atoms with van der Waals surface area (Å²) in [5.74, 6) is -0.350. The van der Waals surface area contributed by atoms with Crippen molar-refractivity contribution in [2.75, 3.05) is 7.05 Å². The van der Waals surface area contributed by atoms with Crippen molar-refractivity contribution in [1.29, 1.82) is 0 Å². The van der Waals surface area contributed by atoms with Gasteiger partial charge in [0.15, 0.2) is 0 Å². The molecule has 4 N–H and O–H groups in total. The van der Waals surface area contributed by atoms with Crippen LogP contribution in [0.15, 0.2) is 54.6 Å². The smallest absolute Gasteiger partial charge is 0.255 e. The molecule has 1 aliphatic carbocycles. The molecule has 0 saturated heterocycles. The third-order valence-electron chi connectivity index (χ3n) is 6.80. The lowest BCUT2D eigenvalue weighted by molar-refractivity contribution is -0.131. The first-order chi connectivity index (χ1) is 16.9. The van der Waals surface area contributed by atoms with E-state index in [1.54, 1.807) is 23.7 Å². The van der Waals surface area contributed by atoms with Crippen molar-refractivity contribution in [2.24, 2.45) is 0 Å². The van der Waals surface area contributed by atoms with Gasteiger partial charge in [0.25, 0.3) is 5.91 Å². The van der Waals surface area contributed by atoms with Gasteiger partial charge in [-0.1, -0.05) is 30.3 Å². The molecule has 184 valence electrons. The summed E-state index contributed by atoms with van der Waals surface area (Å²) >= 11 is 0. The number of aryl methyl sites for hydroxylation is 1. The molecular weight excluding hydrogens is 444 g/mol. The molecule has 0 atom stereocenters. The Bertz CT molecular complexity index is 1200. The highest BCUT2D eigenvalue weighted by molar-refractivity contribution is 5.97. The van der Waals surface area contributed by atoms with E-state index in [1.165, 1.54) is 0 Å². The van der Waals surface area contributed by atoms with Gasteiger partial charge in [-0.25, -0.2) is 5.48 Å². The van der Waals surface area contributed by atoms with Crippen LogP contribution >= 0.6 is 0 Å². The van der Waals surface area contributed by atoms with Crippen LogP contribution in [0.1, 0.15) is 53.7 Å². The molecule has 0 aliphatic heterocycles. The Morgan fingerprint density at radius 1 is 1.11 bits per heavy atom. The Kier molecular flexibility index (Phi) is 7.63. The number of carbonyl (C=O) groups excluding carboxylic acids is 2. The van der Waals surface area contributed by atoms with E-state index in [0.29, 0.717) is 30.2 Å². The number of para-hydroxylation sites is 2. The van der Waals surface area contributed by atoms with Crippen molar-refractivity contribution in [3.63, 3.8) is 0 Å². The first kappa shape index (κ1) is 24.6.